The van der Waals surface area contributed by atoms with E-state index in [4.69, 9.17) is 20.8 Å². The minimum atomic E-state index is -0.173. The van der Waals surface area contributed by atoms with Gasteiger partial charge in [0.1, 0.15) is 5.76 Å². The standard InChI is InChI=1S/C22H28ClN3O3/c23-20-6-2-1-5-19(20)22(7-14-28-15-8-22)17-24-21(27)26-11-9-25(10-12-26)16-18-4-3-13-29-18/h1-6,13H,7-12,14-17H2,(H,24,27). The largest absolute Gasteiger partial charge is 0.468 e. The van der Waals surface area contributed by atoms with E-state index < -0.39 is 0 Å². The van der Waals surface area contributed by atoms with Crippen molar-refractivity contribution in [2.75, 3.05) is 45.9 Å². The Bertz CT molecular complexity index is 797. The van der Waals surface area contributed by atoms with E-state index in [9.17, 15) is 4.79 Å². The van der Waals surface area contributed by atoms with Crippen molar-refractivity contribution in [2.24, 2.45) is 0 Å². The van der Waals surface area contributed by atoms with Gasteiger partial charge in [-0.05, 0) is 36.6 Å². The first kappa shape index (κ1) is 20.3. The molecule has 1 N–H and O–H groups in total. The first-order valence-corrected chi connectivity index (χ1v) is 10.6. The Kier molecular flexibility index (Phi) is 6.43. The molecular weight excluding hydrogens is 390 g/mol. The molecule has 0 saturated carbocycles. The lowest BCUT2D eigenvalue weighted by Crippen LogP contribution is -2.54. The smallest absolute Gasteiger partial charge is 0.317 e. The lowest BCUT2D eigenvalue weighted by molar-refractivity contribution is 0.0497. The third-order valence-corrected chi connectivity index (χ3v) is 6.42. The normalized spacial score (nSPS) is 19.8. The van der Waals surface area contributed by atoms with Crippen LogP contribution in [0.4, 0.5) is 4.79 Å². The number of nitrogens with zero attached hydrogens (tertiary/aromatic N) is 2. The predicted molar refractivity (Wildman–Crippen MR) is 112 cm³/mol. The number of piperazine rings is 1. The average molecular weight is 418 g/mol. The maximum absolute atomic E-state index is 12.8. The minimum Gasteiger partial charge on any atom is -0.468 e. The third kappa shape index (κ3) is 4.77. The van der Waals surface area contributed by atoms with E-state index in [0.717, 1.165) is 61.9 Å². The van der Waals surface area contributed by atoms with Crippen LogP contribution < -0.4 is 5.32 Å². The van der Waals surface area contributed by atoms with Crippen molar-refractivity contribution < 1.29 is 13.9 Å². The van der Waals surface area contributed by atoms with Gasteiger partial charge in [0, 0.05) is 56.4 Å². The SMILES string of the molecule is O=C(NCC1(c2ccccc2Cl)CCOCC1)N1CCN(Cc2ccco2)CC1. The Labute approximate surface area is 176 Å². The van der Waals surface area contributed by atoms with Gasteiger partial charge < -0.3 is 19.4 Å². The summed E-state index contributed by atoms with van der Waals surface area (Å²) >= 11 is 6.51. The van der Waals surface area contributed by atoms with Crippen LogP contribution >= 0.6 is 11.6 Å². The zero-order valence-electron chi connectivity index (χ0n) is 16.6. The number of carbonyl (C=O) groups excluding carboxylic acids is 1. The average Bonchev–Trinajstić information content (AvgIpc) is 3.27. The van der Waals surface area contributed by atoms with E-state index >= 15 is 0 Å². The van der Waals surface area contributed by atoms with Gasteiger partial charge in [0.15, 0.2) is 0 Å². The molecule has 0 atom stereocenters. The summed E-state index contributed by atoms with van der Waals surface area (Å²) in [6, 6.07) is 11.9. The van der Waals surface area contributed by atoms with Crippen LogP contribution in [-0.2, 0) is 16.7 Å². The Hall–Kier alpha value is -2.02. The molecule has 2 aliphatic rings. The van der Waals surface area contributed by atoms with Gasteiger partial charge in [-0.25, -0.2) is 4.79 Å². The highest BCUT2D eigenvalue weighted by Crippen LogP contribution is 2.38. The molecule has 1 aromatic carbocycles. The highest BCUT2D eigenvalue weighted by molar-refractivity contribution is 6.31. The zero-order chi connectivity index (χ0) is 20.1. The molecule has 0 radical (unpaired) electrons. The number of benzene rings is 1. The van der Waals surface area contributed by atoms with Crippen molar-refractivity contribution in [3.8, 4) is 0 Å². The molecule has 3 heterocycles. The summed E-state index contributed by atoms with van der Waals surface area (Å²) in [5, 5.41) is 3.94. The molecule has 2 fully saturated rings. The van der Waals surface area contributed by atoms with E-state index in [1.165, 1.54) is 0 Å². The number of halogens is 1. The summed E-state index contributed by atoms with van der Waals surface area (Å²) in [7, 11) is 0. The van der Waals surface area contributed by atoms with Crippen molar-refractivity contribution >= 4 is 17.6 Å². The maximum Gasteiger partial charge on any atom is 0.317 e. The molecule has 0 unspecified atom stereocenters. The first-order valence-electron chi connectivity index (χ1n) is 10.3. The zero-order valence-corrected chi connectivity index (χ0v) is 17.4. The molecule has 6 nitrogen and oxygen atoms in total. The van der Waals surface area contributed by atoms with Crippen molar-refractivity contribution in [2.45, 2.75) is 24.8 Å². The number of urea groups is 1. The summed E-state index contributed by atoms with van der Waals surface area (Å²) in [5.41, 5.74) is 0.932. The number of nitrogens with one attached hydrogen (secondary N) is 1. The molecular formula is C22H28ClN3O3. The second kappa shape index (κ2) is 9.20. The molecule has 29 heavy (non-hydrogen) atoms. The summed E-state index contributed by atoms with van der Waals surface area (Å²) in [5.74, 6) is 0.962. The van der Waals surface area contributed by atoms with E-state index in [1.54, 1.807) is 6.26 Å². The number of hydrogen-bond acceptors (Lipinski definition) is 4. The first-order chi connectivity index (χ1) is 14.2. The fraction of sp³-hybridized carbons (Fsp3) is 0.500. The maximum atomic E-state index is 12.8. The van der Waals surface area contributed by atoms with Gasteiger partial charge in [-0.2, -0.15) is 0 Å². The topological polar surface area (TPSA) is 58.0 Å². The predicted octanol–water partition coefficient (Wildman–Crippen LogP) is 3.51. The fourth-order valence-corrected chi connectivity index (χ4v) is 4.62. The van der Waals surface area contributed by atoms with Gasteiger partial charge in [0.05, 0.1) is 12.8 Å². The molecule has 0 bridgehead atoms. The second-order valence-electron chi connectivity index (χ2n) is 7.87. The van der Waals surface area contributed by atoms with Crippen LogP contribution in [0.15, 0.2) is 47.1 Å². The second-order valence-corrected chi connectivity index (χ2v) is 8.28. The van der Waals surface area contributed by atoms with Gasteiger partial charge in [-0.3, -0.25) is 4.90 Å². The van der Waals surface area contributed by atoms with Crippen molar-refractivity contribution in [3.05, 3.63) is 59.0 Å². The quantitative estimate of drug-likeness (QED) is 0.808. The van der Waals surface area contributed by atoms with Gasteiger partial charge >= 0.3 is 6.03 Å². The molecule has 2 amide bonds. The molecule has 2 aromatic rings. The Morgan fingerprint density at radius 3 is 2.52 bits per heavy atom. The number of hydrogen-bond donors (Lipinski definition) is 1. The molecule has 1 aromatic heterocycles. The summed E-state index contributed by atoms with van der Waals surface area (Å²) in [6.45, 7) is 5.86. The van der Waals surface area contributed by atoms with E-state index in [-0.39, 0.29) is 11.4 Å². The molecule has 4 rings (SSSR count). The molecule has 2 saturated heterocycles. The summed E-state index contributed by atoms with van der Waals surface area (Å²) < 4.78 is 11.0. The number of carbonyl (C=O) groups is 1. The fourth-order valence-electron chi connectivity index (χ4n) is 4.28. The van der Waals surface area contributed by atoms with Gasteiger partial charge in [0.25, 0.3) is 0 Å². The van der Waals surface area contributed by atoms with Gasteiger partial charge in [-0.15, -0.1) is 0 Å². The minimum absolute atomic E-state index is 0.000527. The van der Waals surface area contributed by atoms with Gasteiger partial charge in [-0.1, -0.05) is 29.8 Å². The molecule has 0 spiro atoms. The number of ether oxygens (including phenoxy) is 1. The lowest BCUT2D eigenvalue weighted by Gasteiger charge is -2.40. The molecule has 156 valence electrons. The van der Waals surface area contributed by atoms with E-state index in [0.29, 0.717) is 19.8 Å². The molecule has 2 aliphatic heterocycles. The molecule has 0 aliphatic carbocycles. The van der Waals surface area contributed by atoms with Crippen LogP contribution in [0.3, 0.4) is 0 Å². The van der Waals surface area contributed by atoms with E-state index in [1.807, 2.05) is 35.2 Å². The summed E-state index contributed by atoms with van der Waals surface area (Å²) in [6.07, 6.45) is 3.41. The summed E-state index contributed by atoms with van der Waals surface area (Å²) in [4.78, 5) is 17.0. The van der Waals surface area contributed by atoms with Crippen LogP contribution in [0, 0.1) is 0 Å². The number of rotatable bonds is 5. The number of furan rings is 1. The van der Waals surface area contributed by atoms with Crippen LogP contribution in [0.2, 0.25) is 5.02 Å². The van der Waals surface area contributed by atoms with Crippen molar-refractivity contribution in [1.29, 1.82) is 0 Å². The molecule has 7 heteroatoms. The van der Waals surface area contributed by atoms with Crippen molar-refractivity contribution in [1.82, 2.24) is 15.1 Å². The highest BCUT2D eigenvalue weighted by Gasteiger charge is 2.37. The number of amides is 2. The van der Waals surface area contributed by atoms with Crippen LogP contribution in [0.25, 0.3) is 0 Å². The van der Waals surface area contributed by atoms with Crippen LogP contribution in [0.5, 0.6) is 0 Å². The van der Waals surface area contributed by atoms with Gasteiger partial charge in [0.2, 0.25) is 0 Å². The van der Waals surface area contributed by atoms with E-state index in [2.05, 4.69) is 16.3 Å². The van der Waals surface area contributed by atoms with Crippen molar-refractivity contribution in [3.63, 3.8) is 0 Å². The lowest BCUT2D eigenvalue weighted by atomic mass is 9.74. The van der Waals surface area contributed by atoms with Crippen LogP contribution in [0.1, 0.15) is 24.2 Å². The Balaban J connectivity index is 1.33. The highest BCUT2D eigenvalue weighted by atomic mass is 35.5. The monoisotopic (exact) mass is 417 g/mol. The Morgan fingerprint density at radius 2 is 1.83 bits per heavy atom. The third-order valence-electron chi connectivity index (χ3n) is 6.09. The van der Waals surface area contributed by atoms with Crippen LogP contribution in [-0.4, -0.2) is 61.8 Å². The Morgan fingerprint density at radius 1 is 1.07 bits per heavy atom.